The number of benzene rings is 1. The number of rotatable bonds is 4. The number of nitrogens with zero attached hydrogens (tertiary/aromatic N) is 2. The highest BCUT2D eigenvalue weighted by atomic mass is 35.5. The monoisotopic (exact) mass is 316 g/mol. The zero-order chi connectivity index (χ0) is 13.8. The van der Waals surface area contributed by atoms with E-state index < -0.39 is 0 Å². The van der Waals surface area contributed by atoms with Crippen molar-refractivity contribution in [1.29, 1.82) is 0 Å². The van der Waals surface area contributed by atoms with Crippen LogP contribution < -0.4 is 16.0 Å². The highest BCUT2D eigenvalue weighted by Gasteiger charge is 2.14. The Labute approximate surface area is 124 Å². The van der Waals surface area contributed by atoms with Crippen molar-refractivity contribution in [2.45, 2.75) is 9.92 Å². The van der Waals surface area contributed by atoms with E-state index in [1.165, 1.54) is 25.2 Å². The Kier molecular flexibility index (Phi) is 4.71. The first kappa shape index (κ1) is 14.2. The lowest BCUT2D eigenvalue weighted by molar-refractivity contribution is 0.400. The van der Waals surface area contributed by atoms with Crippen LogP contribution >= 0.6 is 35.0 Å². The molecule has 0 unspecified atom stereocenters. The summed E-state index contributed by atoms with van der Waals surface area (Å²) in [5.41, 5.74) is 2.45. The molecule has 0 saturated heterocycles. The van der Waals surface area contributed by atoms with Gasteiger partial charge in [0, 0.05) is 9.92 Å². The van der Waals surface area contributed by atoms with Crippen molar-refractivity contribution in [2.24, 2.45) is 5.84 Å². The third-order valence-electron chi connectivity index (χ3n) is 2.21. The van der Waals surface area contributed by atoms with Gasteiger partial charge < -0.3 is 10.2 Å². The van der Waals surface area contributed by atoms with Gasteiger partial charge in [0.2, 0.25) is 0 Å². The zero-order valence-corrected chi connectivity index (χ0v) is 12.2. The largest absolute Gasteiger partial charge is 0.490 e. The SMILES string of the molecule is COc1c(NN)ncnc1Sc1cc(Cl)ccc1Cl. The predicted molar refractivity (Wildman–Crippen MR) is 77.0 cm³/mol. The van der Waals surface area contributed by atoms with E-state index >= 15 is 0 Å². The second kappa shape index (κ2) is 6.29. The summed E-state index contributed by atoms with van der Waals surface area (Å²) in [6.45, 7) is 0. The lowest BCUT2D eigenvalue weighted by Crippen LogP contribution is -2.10. The highest BCUT2D eigenvalue weighted by molar-refractivity contribution is 7.99. The smallest absolute Gasteiger partial charge is 0.195 e. The van der Waals surface area contributed by atoms with Crippen LogP contribution in [0, 0.1) is 0 Å². The number of nitrogens with one attached hydrogen (secondary N) is 1. The molecule has 5 nitrogen and oxygen atoms in total. The molecule has 0 aliphatic rings. The van der Waals surface area contributed by atoms with Crippen molar-refractivity contribution in [3.05, 3.63) is 34.6 Å². The molecule has 1 aromatic carbocycles. The number of hydrazine groups is 1. The van der Waals surface area contributed by atoms with Gasteiger partial charge in [-0.05, 0) is 18.2 Å². The van der Waals surface area contributed by atoms with E-state index in [-0.39, 0.29) is 0 Å². The van der Waals surface area contributed by atoms with Gasteiger partial charge in [0.05, 0.1) is 12.1 Å². The summed E-state index contributed by atoms with van der Waals surface area (Å²) in [5, 5.41) is 1.77. The van der Waals surface area contributed by atoms with Gasteiger partial charge in [0.15, 0.2) is 11.6 Å². The lowest BCUT2D eigenvalue weighted by Gasteiger charge is -2.11. The number of halogens is 2. The molecule has 2 rings (SSSR count). The molecule has 1 heterocycles. The number of aromatic nitrogens is 2. The van der Waals surface area contributed by atoms with Crippen LogP contribution in [0.3, 0.4) is 0 Å². The van der Waals surface area contributed by atoms with E-state index in [9.17, 15) is 0 Å². The van der Waals surface area contributed by atoms with Crippen LogP contribution in [0.1, 0.15) is 0 Å². The van der Waals surface area contributed by atoms with Gasteiger partial charge in [0.1, 0.15) is 11.4 Å². The average molecular weight is 317 g/mol. The van der Waals surface area contributed by atoms with E-state index in [1.807, 2.05) is 0 Å². The highest BCUT2D eigenvalue weighted by Crippen LogP contribution is 2.40. The maximum Gasteiger partial charge on any atom is 0.195 e. The minimum atomic E-state index is 0.401. The minimum Gasteiger partial charge on any atom is -0.490 e. The van der Waals surface area contributed by atoms with E-state index in [2.05, 4.69) is 15.4 Å². The summed E-state index contributed by atoms with van der Waals surface area (Å²) < 4.78 is 5.25. The normalized spacial score (nSPS) is 10.3. The lowest BCUT2D eigenvalue weighted by atomic mass is 10.4. The summed E-state index contributed by atoms with van der Waals surface area (Å²) in [7, 11) is 1.52. The van der Waals surface area contributed by atoms with E-state index in [0.29, 0.717) is 26.6 Å². The average Bonchev–Trinajstić information content (AvgIpc) is 2.42. The number of ether oxygens (including phenoxy) is 1. The molecular weight excluding hydrogens is 307 g/mol. The minimum absolute atomic E-state index is 0.401. The van der Waals surface area contributed by atoms with Gasteiger partial charge in [-0.2, -0.15) is 0 Å². The van der Waals surface area contributed by atoms with Gasteiger partial charge in [-0.3, -0.25) is 0 Å². The number of nitrogen functional groups attached to an aromatic ring is 1. The Hall–Kier alpha value is -1.21. The van der Waals surface area contributed by atoms with Crippen molar-refractivity contribution in [3.8, 4) is 5.75 Å². The van der Waals surface area contributed by atoms with Crippen molar-refractivity contribution in [3.63, 3.8) is 0 Å². The second-order valence-corrected chi connectivity index (χ2v) is 5.26. The fourth-order valence-electron chi connectivity index (χ4n) is 1.38. The van der Waals surface area contributed by atoms with Crippen molar-refractivity contribution in [2.75, 3.05) is 12.5 Å². The summed E-state index contributed by atoms with van der Waals surface area (Å²) in [6, 6.07) is 5.20. The van der Waals surface area contributed by atoms with Crippen molar-refractivity contribution in [1.82, 2.24) is 9.97 Å². The molecule has 0 amide bonds. The molecule has 2 aromatic rings. The molecule has 0 fully saturated rings. The van der Waals surface area contributed by atoms with Gasteiger partial charge in [-0.1, -0.05) is 35.0 Å². The van der Waals surface area contributed by atoms with Crippen LogP contribution in [0.4, 0.5) is 5.82 Å². The topological polar surface area (TPSA) is 73.1 Å². The molecular formula is C11H10Cl2N4OS. The molecule has 0 saturated carbocycles. The van der Waals surface area contributed by atoms with Crippen molar-refractivity contribution < 1.29 is 4.74 Å². The Morgan fingerprint density at radius 2 is 2.11 bits per heavy atom. The number of hydrogen-bond acceptors (Lipinski definition) is 6. The van der Waals surface area contributed by atoms with E-state index in [4.69, 9.17) is 33.8 Å². The van der Waals surface area contributed by atoms with Crippen LogP contribution in [0.15, 0.2) is 34.4 Å². The molecule has 8 heteroatoms. The Balaban J connectivity index is 2.40. The zero-order valence-electron chi connectivity index (χ0n) is 9.85. The fraction of sp³-hybridized carbons (Fsp3) is 0.0909. The van der Waals surface area contributed by atoms with Crippen LogP contribution in [-0.4, -0.2) is 17.1 Å². The van der Waals surface area contributed by atoms with Gasteiger partial charge in [-0.15, -0.1) is 0 Å². The van der Waals surface area contributed by atoms with Crippen LogP contribution in [0.25, 0.3) is 0 Å². The van der Waals surface area contributed by atoms with E-state index in [0.717, 1.165) is 4.90 Å². The summed E-state index contributed by atoms with van der Waals surface area (Å²) in [6.07, 6.45) is 1.39. The molecule has 0 bridgehead atoms. The molecule has 3 N–H and O–H groups in total. The maximum atomic E-state index is 6.11. The van der Waals surface area contributed by atoms with E-state index in [1.54, 1.807) is 18.2 Å². The maximum absolute atomic E-state index is 6.11. The molecule has 0 atom stereocenters. The van der Waals surface area contributed by atoms with Crippen LogP contribution in [-0.2, 0) is 0 Å². The van der Waals surface area contributed by atoms with Gasteiger partial charge in [0.25, 0.3) is 0 Å². The van der Waals surface area contributed by atoms with Crippen LogP contribution in [0.5, 0.6) is 5.75 Å². The molecule has 1 aromatic heterocycles. The molecule has 0 spiro atoms. The summed E-state index contributed by atoms with van der Waals surface area (Å²) in [5.74, 6) is 6.22. The Bertz CT molecular complexity index is 597. The third kappa shape index (κ3) is 3.22. The fourth-order valence-corrected chi connectivity index (χ4v) is 2.78. The Morgan fingerprint density at radius 1 is 1.32 bits per heavy atom. The number of hydrogen-bond donors (Lipinski definition) is 2. The first-order valence-corrected chi connectivity index (χ1v) is 6.71. The predicted octanol–water partition coefficient (Wildman–Crippen LogP) is 3.23. The second-order valence-electron chi connectivity index (χ2n) is 3.38. The van der Waals surface area contributed by atoms with Crippen LogP contribution in [0.2, 0.25) is 10.0 Å². The van der Waals surface area contributed by atoms with Crippen molar-refractivity contribution >= 4 is 40.8 Å². The Morgan fingerprint density at radius 3 is 2.79 bits per heavy atom. The molecule has 0 radical (unpaired) electrons. The third-order valence-corrected chi connectivity index (χ3v) is 3.93. The first-order valence-electron chi connectivity index (χ1n) is 5.14. The quantitative estimate of drug-likeness (QED) is 0.512. The molecule has 0 aliphatic carbocycles. The molecule has 100 valence electrons. The van der Waals surface area contributed by atoms with Gasteiger partial charge in [-0.25, -0.2) is 15.8 Å². The number of methoxy groups -OCH3 is 1. The summed E-state index contributed by atoms with van der Waals surface area (Å²) >= 11 is 13.4. The first-order chi connectivity index (χ1) is 9.15. The molecule has 0 aliphatic heterocycles. The van der Waals surface area contributed by atoms with Gasteiger partial charge >= 0.3 is 0 Å². The standard InChI is InChI=1S/C11H10Cl2N4OS/c1-18-9-10(17-14)15-5-16-11(9)19-8-4-6(12)2-3-7(8)13/h2-5H,14H2,1H3,(H,15,16,17). The number of nitrogens with two attached hydrogens (primary N) is 1. The molecule has 19 heavy (non-hydrogen) atoms. The number of anilines is 1. The summed E-state index contributed by atoms with van der Waals surface area (Å²) in [4.78, 5) is 8.89.